The van der Waals surface area contributed by atoms with Crippen molar-refractivity contribution in [3.8, 4) is 22.6 Å². The van der Waals surface area contributed by atoms with E-state index in [2.05, 4.69) is 15.2 Å². The van der Waals surface area contributed by atoms with E-state index in [1.54, 1.807) is 20.4 Å². The lowest BCUT2D eigenvalue weighted by Crippen LogP contribution is -2.36. The van der Waals surface area contributed by atoms with Crippen molar-refractivity contribution in [3.63, 3.8) is 0 Å². The second-order valence-corrected chi connectivity index (χ2v) is 7.10. The Hall–Kier alpha value is -3.58. The number of rotatable bonds is 6. The Morgan fingerprint density at radius 3 is 2.48 bits per heavy atom. The van der Waals surface area contributed by atoms with E-state index in [1.165, 1.54) is 0 Å². The summed E-state index contributed by atoms with van der Waals surface area (Å²) in [4.78, 5) is 19.3. The molecule has 0 saturated carbocycles. The van der Waals surface area contributed by atoms with Crippen LogP contribution in [0.4, 0.5) is 11.4 Å². The second-order valence-electron chi connectivity index (χ2n) is 7.10. The molecule has 0 bridgehead atoms. The summed E-state index contributed by atoms with van der Waals surface area (Å²) in [6, 6.07) is 17.0. The van der Waals surface area contributed by atoms with Gasteiger partial charge >= 0.3 is 0 Å². The van der Waals surface area contributed by atoms with Crippen molar-refractivity contribution in [2.24, 2.45) is 0 Å². The highest BCUT2D eigenvalue weighted by molar-refractivity contribution is 6.03. The summed E-state index contributed by atoms with van der Waals surface area (Å²) in [5, 5.41) is 2.95. The predicted octanol–water partition coefficient (Wildman–Crippen LogP) is 3.85. The zero-order valence-electron chi connectivity index (χ0n) is 17.6. The van der Waals surface area contributed by atoms with E-state index < -0.39 is 0 Å². The van der Waals surface area contributed by atoms with Crippen LogP contribution in [-0.2, 0) is 4.74 Å². The van der Waals surface area contributed by atoms with Gasteiger partial charge in [0.2, 0.25) is 0 Å². The lowest BCUT2D eigenvalue weighted by Gasteiger charge is -2.28. The maximum atomic E-state index is 12.9. The third-order valence-corrected chi connectivity index (χ3v) is 5.21. The van der Waals surface area contributed by atoms with Crippen molar-refractivity contribution in [3.05, 3.63) is 66.5 Å². The fourth-order valence-corrected chi connectivity index (χ4v) is 3.54. The summed E-state index contributed by atoms with van der Waals surface area (Å²) >= 11 is 0. The molecule has 0 radical (unpaired) electrons. The molecule has 1 aliphatic rings. The summed E-state index contributed by atoms with van der Waals surface area (Å²) in [6.07, 6.45) is 1.66. The Kier molecular flexibility index (Phi) is 6.33. The first-order valence-corrected chi connectivity index (χ1v) is 10.1. The molecule has 31 heavy (non-hydrogen) atoms. The van der Waals surface area contributed by atoms with E-state index in [9.17, 15) is 4.79 Å². The SMILES string of the molecule is COc1ccc(-c2cc(NC(=O)c3cc(N4CCOCC4)ccn3)ccc2OC)cc1. The van der Waals surface area contributed by atoms with Crippen LogP contribution in [0.5, 0.6) is 11.5 Å². The van der Waals surface area contributed by atoms with Crippen molar-refractivity contribution in [2.45, 2.75) is 0 Å². The van der Waals surface area contributed by atoms with Crippen LogP contribution in [0.2, 0.25) is 0 Å². The van der Waals surface area contributed by atoms with E-state index >= 15 is 0 Å². The number of amides is 1. The zero-order chi connectivity index (χ0) is 21.6. The van der Waals surface area contributed by atoms with Gasteiger partial charge in [-0.25, -0.2) is 0 Å². The number of methoxy groups -OCH3 is 2. The average Bonchev–Trinajstić information content (AvgIpc) is 2.84. The van der Waals surface area contributed by atoms with Gasteiger partial charge < -0.3 is 24.4 Å². The number of aromatic nitrogens is 1. The molecule has 2 aromatic carbocycles. The third-order valence-electron chi connectivity index (χ3n) is 5.21. The summed E-state index contributed by atoms with van der Waals surface area (Å²) < 4.78 is 16.2. The molecule has 7 nitrogen and oxygen atoms in total. The van der Waals surface area contributed by atoms with Crippen molar-refractivity contribution < 1.29 is 19.0 Å². The van der Waals surface area contributed by atoms with Crippen molar-refractivity contribution in [2.75, 3.05) is 50.7 Å². The van der Waals surface area contributed by atoms with Gasteiger partial charge in [0.05, 0.1) is 27.4 Å². The number of ether oxygens (including phenoxy) is 3. The van der Waals surface area contributed by atoms with Crippen LogP contribution < -0.4 is 19.7 Å². The molecule has 3 aromatic rings. The molecule has 1 aromatic heterocycles. The van der Waals surface area contributed by atoms with Gasteiger partial charge in [0.15, 0.2) is 0 Å². The van der Waals surface area contributed by atoms with Crippen LogP contribution in [0.1, 0.15) is 10.5 Å². The van der Waals surface area contributed by atoms with Crippen molar-refractivity contribution in [1.82, 2.24) is 4.98 Å². The Morgan fingerprint density at radius 2 is 1.77 bits per heavy atom. The van der Waals surface area contributed by atoms with E-state index in [0.717, 1.165) is 41.4 Å². The number of anilines is 2. The van der Waals surface area contributed by atoms with Gasteiger partial charge in [-0.2, -0.15) is 0 Å². The Morgan fingerprint density at radius 1 is 1.00 bits per heavy atom. The number of morpholine rings is 1. The zero-order valence-corrected chi connectivity index (χ0v) is 17.6. The smallest absolute Gasteiger partial charge is 0.274 e. The van der Waals surface area contributed by atoms with Crippen molar-refractivity contribution in [1.29, 1.82) is 0 Å². The second kappa shape index (κ2) is 9.49. The Bertz CT molecular complexity index is 1050. The molecule has 0 atom stereocenters. The molecule has 1 fully saturated rings. The van der Waals surface area contributed by atoms with Gasteiger partial charge in [-0.15, -0.1) is 0 Å². The number of nitrogens with zero attached hydrogens (tertiary/aromatic N) is 2. The first-order chi connectivity index (χ1) is 15.2. The fourth-order valence-electron chi connectivity index (χ4n) is 3.54. The maximum Gasteiger partial charge on any atom is 0.274 e. The Balaban J connectivity index is 1.55. The van der Waals surface area contributed by atoms with Crippen LogP contribution in [0.15, 0.2) is 60.8 Å². The summed E-state index contributed by atoms with van der Waals surface area (Å²) in [5.74, 6) is 1.23. The minimum absolute atomic E-state index is 0.263. The lowest BCUT2D eigenvalue weighted by atomic mass is 10.0. The van der Waals surface area contributed by atoms with Gasteiger partial charge in [0, 0.05) is 36.2 Å². The molecule has 0 spiro atoms. The van der Waals surface area contributed by atoms with Gasteiger partial charge in [0.1, 0.15) is 17.2 Å². The molecule has 2 heterocycles. The van der Waals surface area contributed by atoms with Crippen molar-refractivity contribution >= 4 is 17.3 Å². The molecule has 4 rings (SSSR count). The lowest BCUT2D eigenvalue weighted by molar-refractivity contribution is 0.102. The number of nitrogens with one attached hydrogen (secondary N) is 1. The van der Waals surface area contributed by atoms with Gasteiger partial charge in [0.25, 0.3) is 5.91 Å². The number of benzene rings is 2. The Labute approximate surface area is 181 Å². The number of carbonyl (C=O) groups is 1. The minimum Gasteiger partial charge on any atom is -0.497 e. The van der Waals surface area contributed by atoms with E-state index in [1.807, 2.05) is 54.6 Å². The molecular weight excluding hydrogens is 394 g/mol. The number of pyridine rings is 1. The van der Waals surface area contributed by atoms with Gasteiger partial charge in [-0.3, -0.25) is 9.78 Å². The number of carbonyl (C=O) groups excluding carboxylic acids is 1. The summed E-state index contributed by atoms with van der Waals surface area (Å²) in [7, 11) is 3.26. The molecule has 0 aliphatic carbocycles. The molecule has 1 saturated heterocycles. The molecule has 160 valence electrons. The molecule has 0 unspecified atom stereocenters. The highest BCUT2D eigenvalue weighted by Crippen LogP contribution is 2.33. The van der Waals surface area contributed by atoms with E-state index in [4.69, 9.17) is 14.2 Å². The first-order valence-electron chi connectivity index (χ1n) is 10.1. The number of hydrogen-bond donors (Lipinski definition) is 1. The predicted molar refractivity (Wildman–Crippen MR) is 120 cm³/mol. The maximum absolute atomic E-state index is 12.9. The van der Waals surface area contributed by atoms with E-state index in [-0.39, 0.29) is 5.91 Å². The normalized spacial score (nSPS) is 13.5. The standard InChI is InChI=1S/C24H25N3O4/c1-29-20-6-3-17(4-7-20)21-15-18(5-8-23(21)30-2)26-24(28)22-16-19(9-10-25-22)27-11-13-31-14-12-27/h3-10,15-16H,11-14H2,1-2H3,(H,26,28). The summed E-state index contributed by atoms with van der Waals surface area (Å²) in [5.41, 5.74) is 3.83. The van der Waals surface area contributed by atoms with Crippen LogP contribution in [0, 0.1) is 0 Å². The first kappa shape index (κ1) is 20.7. The van der Waals surface area contributed by atoms with Crippen LogP contribution in [0.25, 0.3) is 11.1 Å². The monoisotopic (exact) mass is 419 g/mol. The molecule has 1 N–H and O–H groups in total. The molecular formula is C24H25N3O4. The minimum atomic E-state index is -0.263. The molecule has 7 heteroatoms. The molecule has 1 aliphatic heterocycles. The summed E-state index contributed by atoms with van der Waals surface area (Å²) in [6.45, 7) is 2.97. The highest BCUT2D eigenvalue weighted by atomic mass is 16.5. The van der Waals surface area contributed by atoms with Gasteiger partial charge in [-0.1, -0.05) is 12.1 Å². The highest BCUT2D eigenvalue weighted by Gasteiger charge is 2.15. The average molecular weight is 419 g/mol. The molecule has 1 amide bonds. The van der Waals surface area contributed by atoms with Gasteiger partial charge in [-0.05, 0) is 48.0 Å². The quantitative estimate of drug-likeness (QED) is 0.654. The van der Waals surface area contributed by atoms with Crippen LogP contribution >= 0.6 is 0 Å². The van der Waals surface area contributed by atoms with Crippen LogP contribution in [0.3, 0.4) is 0 Å². The topological polar surface area (TPSA) is 72.9 Å². The fraction of sp³-hybridized carbons (Fsp3) is 0.250. The third kappa shape index (κ3) is 4.78. The van der Waals surface area contributed by atoms with Crippen LogP contribution in [-0.4, -0.2) is 51.4 Å². The number of hydrogen-bond acceptors (Lipinski definition) is 6. The largest absolute Gasteiger partial charge is 0.497 e. The van der Waals surface area contributed by atoms with E-state index in [0.29, 0.717) is 24.6 Å².